The number of hydrogen-bond acceptors (Lipinski definition) is 6. The maximum Gasteiger partial charge on any atom is 0.337 e. The summed E-state index contributed by atoms with van der Waals surface area (Å²) >= 11 is 0. The van der Waals surface area contributed by atoms with Crippen molar-refractivity contribution in [3.63, 3.8) is 0 Å². The summed E-state index contributed by atoms with van der Waals surface area (Å²) in [4.78, 5) is 22.3. The fourth-order valence-electron chi connectivity index (χ4n) is 1.42. The standard InChI is InChI=1S/C12H15NO5/c1-18-12(17)11(16)10(15)8-4-2-7(3-5-8)9(14)6-13/h2-5,10-11,15-16H,6,13H2,1H3. The number of methoxy groups -OCH3 is 1. The van der Waals surface area contributed by atoms with Crippen LogP contribution in [0.25, 0.3) is 0 Å². The topological polar surface area (TPSA) is 110 Å². The Morgan fingerprint density at radius 3 is 2.28 bits per heavy atom. The Bertz CT molecular complexity index is 429. The molecule has 1 rings (SSSR count). The SMILES string of the molecule is COC(=O)C(O)C(O)c1ccc(C(=O)CN)cc1. The molecule has 98 valence electrons. The lowest BCUT2D eigenvalue weighted by Gasteiger charge is -2.16. The van der Waals surface area contributed by atoms with Gasteiger partial charge < -0.3 is 20.7 Å². The van der Waals surface area contributed by atoms with Crippen LogP contribution in [0.4, 0.5) is 0 Å². The number of esters is 1. The van der Waals surface area contributed by atoms with Crippen LogP contribution in [0.5, 0.6) is 0 Å². The number of carbonyl (C=O) groups excluding carboxylic acids is 2. The highest BCUT2D eigenvalue weighted by Gasteiger charge is 2.26. The first-order valence-corrected chi connectivity index (χ1v) is 5.28. The van der Waals surface area contributed by atoms with Gasteiger partial charge in [-0.15, -0.1) is 0 Å². The van der Waals surface area contributed by atoms with Crippen LogP contribution in [0.15, 0.2) is 24.3 Å². The average Bonchev–Trinajstić information content (AvgIpc) is 2.44. The number of aliphatic hydroxyl groups excluding tert-OH is 2. The second-order valence-corrected chi connectivity index (χ2v) is 3.66. The molecule has 0 saturated carbocycles. The molecule has 0 aromatic heterocycles. The molecule has 6 heteroatoms. The lowest BCUT2D eigenvalue weighted by atomic mass is 10.0. The molecule has 6 nitrogen and oxygen atoms in total. The molecule has 18 heavy (non-hydrogen) atoms. The normalized spacial score (nSPS) is 13.8. The van der Waals surface area contributed by atoms with Crippen molar-refractivity contribution < 1.29 is 24.5 Å². The van der Waals surface area contributed by atoms with Crippen molar-refractivity contribution in [3.8, 4) is 0 Å². The molecule has 0 amide bonds. The van der Waals surface area contributed by atoms with E-state index in [1.165, 1.54) is 24.3 Å². The Morgan fingerprint density at radius 1 is 1.28 bits per heavy atom. The molecule has 0 fully saturated rings. The lowest BCUT2D eigenvalue weighted by Crippen LogP contribution is -2.29. The van der Waals surface area contributed by atoms with Crippen molar-refractivity contribution in [2.45, 2.75) is 12.2 Å². The fourth-order valence-corrected chi connectivity index (χ4v) is 1.42. The molecule has 1 aromatic rings. The van der Waals surface area contributed by atoms with Gasteiger partial charge in [0.05, 0.1) is 13.7 Å². The highest BCUT2D eigenvalue weighted by atomic mass is 16.5. The minimum absolute atomic E-state index is 0.104. The number of carbonyl (C=O) groups is 2. The van der Waals surface area contributed by atoms with Crippen molar-refractivity contribution in [1.82, 2.24) is 0 Å². The van der Waals surface area contributed by atoms with Crippen molar-refractivity contribution in [1.29, 1.82) is 0 Å². The number of ketones is 1. The maximum atomic E-state index is 11.3. The van der Waals surface area contributed by atoms with Gasteiger partial charge in [0, 0.05) is 5.56 Å². The summed E-state index contributed by atoms with van der Waals surface area (Å²) in [7, 11) is 1.11. The molecule has 1 aromatic carbocycles. The molecule has 0 aliphatic rings. The van der Waals surface area contributed by atoms with Crippen molar-refractivity contribution in [2.75, 3.05) is 13.7 Å². The predicted octanol–water partition coefficient (Wildman–Crippen LogP) is -0.605. The van der Waals surface area contributed by atoms with Crippen molar-refractivity contribution in [2.24, 2.45) is 5.73 Å². The molecule has 0 heterocycles. The number of ether oxygens (including phenoxy) is 1. The Kier molecular flexibility index (Phi) is 4.96. The summed E-state index contributed by atoms with van der Waals surface area (Å²) in [5.41, 5.74) is 5.92. The number of benzene rings is 1. The smallest absolute Gasteiger partial charge is 0.337 e. The fraction of sp³-hybridized carbons (Fsp3) is 0.333. The third-order valence-corrected chi connectivity index (χ3v) is 2.50. The van der Waals surface area contributed by atoms with Crippen molar-refractivity contribution in [3.05, 3.63) is 35.4 Å². The predicted molar refractivity (Wildman–Crippen MR) is 62.8 cm³/mol. The van der Waals surface area contributed by atoms with Gasteiger partial charge in [-0.05, 0) is 5.56 Å². The average molecular weight is 253 g/mol. The third-order valence-electron chi connectivity index (χ3n) is 2.50. The molecule has 4 N–H and O–H groups in total. The lowest BCUT2D eigenvalue weighted by molar-refractivity contribution is -0.156. The minimum Gasteiger partial charge on any atom is -0.467 e. The molecule has 0 radical (unpaired) electrons. The van der Waals surface area contributed by atoms with E-state index in [0.29, 0.717) is 11.1 Å². The molecular weight excluding hydrogens is 238 g/mol. The molecule has 0 aliphatic carbocycles. The van der Waals surface area contributed by atoms with Gasteiger partial charge in [-0.1, -0.05) is 24.3 Å². The monoisotopic (exact) mass is 253 g/mol. The van der Waals surface area contributed by atoms with E-state index in [4.69, 9.17) is 5.73 Å². The largest absolute Gasteiger partial charge is 0.467 e. The summed E-state index contributed by atoms with van der Waals surface area (Å²) in [6.45, 7) is -0.104. The second-order valence-electron chi connectivity index (χ2n) is 3.66. The van der Waals surface area contributed by atoms with Gasteiger partial charge in [-0.3, -0.25) is 4.79 Å². The van der Waals surface area contributed by atoms with Gasteiger partial charge in [0.2, 0.25) is 0 Å². The number of Topliss-reactive ketones (excluding diaryl/α,β-unsaturated/α-hetero) is 1. The van der Waals surface area contributed by atoms with Gasteiger partial charge in [-0.2, -0.15) is 0 Å². The van der Waals surface area contributed by atoms with Gasteiger partial charge in [0.1, 0.15) is 6.10 Å². The van der Waals surface area contributed by atoms with Crippen LogP contribution in [-0.4, -0.2) is 41.7 Å². The highest BCUT2D eigenvalue weighted by Crippen LogP contribution is 2.18. The van der Waals surface area contributed by atoms with E-state index in [0.717, 1.165) is 7.11 Å². The van der Waals surface area contributed by atoms with E-state index in [9.17, 15) is 19.8 Å². The van der Waals surface area contributed by atoms with Crippen LogP contribution in [0.1, 0.15) is 22.0 Å². The van der Waals surface area contributed by atoms with Crippen LogP contribution < -0.4 is 5.73 Å². The van der Waals surface area contributed by atoms with E-state index in [1.54, 1.807) is 0 Å². The number of rotatable bonds is 5. The molecule has 0 bridgehead atoms. The number of hydrogen-bond donors (Lipinski definition) is 3. The van der Waals surface area contributed by atoms with Crippen LogP contribution >= 0.6 is 0 Å². The molecule has 2 atom stereocenters. The minimum atomic E-state index is -1.66. The number of nitrogens with two attached hydrogens (primary N) is 1. The highest BCUT2D eigenvalue weighted by molar-refractivity contribution is 5.97. The van der Waals surface area contributed by atoms with Crippen LogP contribution in [0.3, 0.4) is 0 Å². The van der Waals surface area contributed by atoms with Gasteiger partial charge >= 0.3 is 5.97 Å². The summed E-state index contributed by atoms with van der Waals surface area (Å²) in [5.74, 6) is -1.16. The zero-order valence-corrected chi connectivity index (χ0v) is 9.87. The maximum absolute atomic E-state index is 11.3. The van der Waals surface area contributed by atoms with Gasteiger partial charge in [0.15, 0.2) is 11.9 Å². The molecule has 2 unspecified atom stereocenters. The summed E-state index contributed by atoms with van der Waals surface area (Å²) in [5, 5.41) is 19.2. The molecular formula is C12H15NO5. The van der Waals surface area contributed by atoms with E-state index in [1.807, 2.05) is 0 Å². The first-order chi connectivity index (χ1) is 8.51. The van der Waals surface area contributed by atoms with E-state index in [2.05, 4.69) is 4.74 Å². The summed E-state index contributed by atoms with van der Waals surface area (Å²) in [6, 6.07) is 5.83. The first-order valence-electron chi connectivity index (χ1n) is 5.28. The second kappa shape index (κ2) is 6.25. The van der Waals surface area contributed by atoms with Crippen molar-refractivity contribution >= 4 is 11.8 Å². The van der Waals surface area contributed by atoms with Gasteiger partial charge in [0.25, 0.3) is 0 Å². The zero-order valence-electron chi connectivity index (χ0n) is 9.87. The van der Waals surface area contributed by atoms with E-state index < -0.39 is 18.2 Å². The molecule has 0 spiro atoms. The van der Waals surface area contributed by atoms with E-state index in [-0.39, 0.29) is 12.3 Å². The Morgan fingerprint density at radius 2 is 1.83 bits per heavy atom. The van der Waals surface area contributed by atoms with E-state index >= 15 is 0 Å². The van der Waals surface area contributed by atoms with Crippen LogP contribution in [-0.2, 0) is 9.53 Å². The number of aliphatic hydroxyl groups is 2. The Balaban J connectivity index is 2.85. The zero-order chi connectivity index (χ0) is 13.7. The van der Waals surface area contributed by atoms with Crippen LogP contribution in [0, 0.1) is 0 Å². The summed E-state index contributed by atoms with van der Waals surface area (Å²) < 4.78 is 4.31. The summed E-state index contributed by atoms with van der Waals surface area (Å²) in [6.07, 6.45) is -3.06. The Labute approximate surface area is 104 Å². The molecule has 0 aliphatic heterocycles. The van der Waals surface area contributed by atoms with Gasteiger partial charge in [-0.25, -0.2) is 4.79 Å². The quantitative estimate of drug-likeness (QED) is 0.477. The first kappa shape index (κ1) is 14.3. The van der Waals surface area contributed by atoms with Crippen LogP contribution in [0.2, 0.25) is 0 Å². The molecule has 0 saturated heterocycles. The third kappa shape index (κ3) is 3.13. The Hall–Kier alpha value is -1.76.